The standard InChI is InChI=1S/C13H18N4/c1-9(2)7-11-15-12-4-3-10(8-17(12)16-11)13(14)5-6-13/h3-4,8-9H,5-7,14H2,1-2H3. The fraction of sp³-hybridized carbons (Fsp3) is 0.538. The van der Waals surface area contributed by atoms with Crippen LogP contribution in [0.1, 0.15) is 38.1 Å². The molecule has 4 nitrogen and oxygen atoms in total. The summed E-state index contributed by atoms with van der Waals surface area (Å²) in [4.78, 5) is 4.51. The van der Waals surface area contributed by atoms with Gasteiger partial charge in [-0.1, -0.05) is 19.9 Å². The summed E-state index contributed by atoms with van der Waals surface area (Å²) in [7, 11) is 0. The van der Waals surface area contributed by atoms with E-state index in [1.54, 1.807) is 0 Å². The van der Waals surface area contributed by atoms with Gasteiger partial charge in [0.05, 0.1) is 0 Å². The molecule has 90 valence electrons. The first-order valence-electron chi connectivity index (χ1n) is 6.21. The predicted molar refractivity (Wildman–Crippen MR) is 66.6 cm³/mol. The first-order chi connectivity index (χ1) is 8.07. The summed E-state index contributed by atoms with van der Waals surface area (Å²) in [6.45, 7) is 4.35. The van der Waals surface area contributed by atoms with Crippen molar-refractivity contribution >= 4 is 5.65 Å². The quantitative estimate of drug-likeness (QED) is 0.875. The molecule has 0 radical (unpaired) electrons. The van der Waals surface area contributed by atoms with E-state index >= 15 is 0 Å². The Hall–Kier alpha value is -1.42. The number of hydrogen-bond acceptors (Lipinski definition) is 3. The molecule has 1 aliphatic rings. The van der Waals surface area contributed by atoms with Gasteiger partial charge in [-0.15, -0.1) is 0 Å². The van der Waals surface area contributed by atoms with Crippen LogP contribution in [-0.2, 0) is 12.0 Å². The van der Waals surface area contributed by atoms with E-state index in [4.69, 9.17) is 5.73 Å². The summed E-state index contributed by atoms with van der Waals surface area (Å²) in [5.74, 6) is 1.50. The minimum absolute atomic E-state index is 0.0989. The van der Waals surface area contributed by atoms with Crippen LogP contribution in [0, 0.1) is 5.92 Å². The molecule has 2 heterocycles. The first kappa shape index (κ1) is 10.7. The topological polar surface area (TPSA) is 56.2 Å². The van der Waals surface area contributed by atoms with Crippen LogP contribution in [0.25, 0.3) is 5.65 Å². The molecular weight excluding hydrogens is 212 g/mol. The summed E-state index contributed by atoms with van der Waals surface area (Å²) in [5.41, 5.74) is 8.17. The normalized spacial score (nSPS) is 17.9. The maximum absolute atomic E-state index is 6.18. The second kappa shape index (κ2) is 3.53. The van der Waals surface area contributed by atoms with Gasteiger partial charge in [-0.3, -0.25) is 0 Å². The molecule has 2 N–H and O–H groups in total. The van der Waals surface area contributed by atoms with Crippen molar-refractivity contribution in [2.45, 2.75) is 38.6 Å². The minimum atomic E-state index is -0.0989. The number of pyridine rings is 1. The molecule has 0 aliphatic heterocycles. The Labute approximate surface area is 101 Å². The third-order valence-corrected chi connectivity index (χ3v) is 3.33. The van der Waals surface area contributed by atoms with Crippen molar-refractivity contribution < 1.29 is 0 Å². The zero-order valence-electron chi connectivity index (χ0n) is 10.3. The number of nitrogens with zero attached hydrogens (tertiary/aromatic N) is 3. The fourth-order valence-corrected chi connectivity index (χ4v) is 2.10. The molecule has 17 heavy (non-hydrogen) atoms. The molecule has 0 atom stereocenters. The van der Waals surface area contributed by atoms with Gasteiger partial charge >= 0.3 is 0 Å². The number of rotatable bonds is 3. The van der Waals surface area contributed by atoms with E-state index in [1.807, 2.05) is 16.8 Å². The van der Waals surface area contributed by atoms with Crippen LogP contribution in [0.15, 0.2) is 18.3 Å². The highest BCUT2D eigenvalue weighted by atomic mass is 15.3. The SMILES string of the molecule is CC(C)Cc1nc2ccc(C3(N)CC3)cn2n1. The molecule has 4 heteroatoms. The molecule has 1 saturated carbocycles. The predicted octanol–water partition coefficient (Wildman–Crippen LogP) is 1.88. The average molecular weight is 230 g/mol. The highest BCUT2D eigenvalue weighted by Gasteiger charge is 2.40. The second-order valence-corrected chi connectivity index (χ2v) is 5.50. The van der Waals surface area contributed by atoms with Gasteiger partial charge in [-0.05, 0) is 30.4 Å². The monoisotopic (exact) mass is 230 g/mol. The maximum atomic E-state index is 6.18. The maximum Gasteiger partial charge on any atom is 0.155 e. The molecule has 0 saturated heterocycles. The lowest BCUT2D eigenvalue weighted by atomic mass is 10.1. The third kappa shape index (κ3) is 1.93. The largest absolute Gasteiger partial charge is 0.321 e. The lowest BCUT2D eigenvalue weighted by Gasteiger charge is -2.07. The molecule has 2 aromatic rings. The van der Waals surface area contributed by atoms with Crippen molar-refractivity contribution in [3.8, 4) is 0 Å². The summed E-state index contributed by atoms with van der Waals surface area (Å²) in [5, 5.41) is 4.50. The third-order valence-electron chi connectivity index (χ3n) is 3.33. The van der Waals surface area contributed by atoms with E-state index in [9.17, 15) is 0 Å². The molecule has 3 rings (SSSR count). The molecular formula is C13H18N4. The number of hydrogen-bond donors (Lipinski definition) is 1. The van der Waals surface area contributed by atoms with Gasteiger partial charge in [0.2, 0.25) is 0 Å². The van der Waals surface area contributed by atoms with Gasteiger partial charge in [0.1, 0.15) is 0 Å². The molecule has 2 aromatic heterocycles. The van der Waals surface area contributed by atoms with Gasteiger partial charge in [0.15, 0.2) is 11.5 Å². The summed E-state index contributed by atoms with van der Waals surface area (Å²) in [6, 6.07) is 4.09. The Balaban J connectivity index is 1.99. The fourth-order valence-electron chi connectivity index (χ4n) is 2.10. The van der Waals surface area contributed by atoms with Crippen molar-refractivity contribution in [1.82, 2.24) is 14.6 Å². The highest BCUT2D eigenvalue weighted by molar-refractivity contribution is 5.41. The van der Waals surface area contributed by atoms with E-state index in [0.29, 0.717) is 5.92 Å². The minimum Gasteiger partial charge on any atom is -0.321 e. The van der Waals surface area contributed by atoms with E-state index < -0.39 is 0 Å². The summed E-state index contributed by atoms with van der Waals surface area (Å²) < 4.78 is 1.86. The average Bonchev–Trinajstić information content (AvgIpc) is 2.89. The Morgan fingerprint density at radius 3 is 2.82 bits per heavy atom. The smallest absolute Gasteiger partial charge is 0.155 e. The molecule has 0 aromatic carbocycles. The Kier molecular flexibility index (Phi) is 2.23. The lowest BCUT2D eigenvalue weighted by Crippen LogP contribution is -2.19. The van der Waals surface area contributed by atoms with E-state index in [-0.39, 0.29) is 5.54 Å². The first-order valence-corrected chi connectivity index (χ1v) is 6.21. The molecule has 0 bridgehead atoms. The number of fused-ring (bicyclic) bond motifs is 1. The molecule has 0 amide bonds. The van der Waals surface area contributed by atoms with Crippen molar-refractivity contribution in [1.29, 1.82) is 0 Å². The molecule has 1 aliphatic carbocycles. The van der Waals surface area contributed by atoms with Gasteiger partial charge in [-0.25, -0.2) is 9.50 Å². The molecule has 0 unspecified atom stereocenters. The van der Waals surface area contributed by atoms with Gasteiger partial charge in [0.25, 0.3) is 0 Å². The highest BCUT2D eigenvalue weighted by Crippen LogP contribution is 2.42. The summed E-state index contributed by atoms with van der Waals surface area (Å²) in [6.07, 6.45) is 5.10. The van der Waals surface area contributed by atoms with Gasteiger partial charge in [-0.2, -0.15) is 5.10 Å². The van der Waals surface area contributed by atoms with Crippen LogP contribution < -0.4 is 5.73 Å². The van der Waals surface area contributed by atoms with E-state index in [1.165, 1.54) is 5.56 Å². The molecule has 1 fully saturated rings. The van der Waals surface area contributed by atoms with E-state index in [2.05, 4.69) is 30.0 Å². The second-order valence-electron chi connectivity index (χ2n) is 5.50. The zero-order chi connectivity index (χ0) is 12.0. The van der Waals surface area contributed by atoms with Crippen molar-refractivity contribution in [2.75, 3.05) is 0 Å². The van der Waals surface area contributed by atoms with Gasteiger partial charge < -0.3 is 5.73 Å². The van der Waals surface area contributed by atoms with Crippen molar-refractivity contribution in [3.63, 3.8) is 0 Å². The van der Waals surface area contributed by atoms with Crippen LogP contribution in [0.4, 0.5) is 0 Å². The Morgan fingerprint density at radius 2 is 2.18 bits per heavy atom. The van der Waals surface area contributed by atoms with Crippen LogP contribution in [0.3, 0.4) is 0 Å². The Morgan fingerprint density at radius 1 is 1.41 bits per heavy atom. The summed E-state index contributed by atoms with van der Waals surface area (Å²) >= 11 is 0. The van der Waals surface area contributed by atoms with Crippen LogP contribution >= 0.6 is 0 Å². The Bertz CT molecular complexity index is 552. The van der Waals surface area contributed by atoms with Crippen LogP contribution in [0.5, 0.6) is 0 Å². The van der Waals surface area contributed by atoms with Crippen LogP contribution in [0.2, 0.25) is 0 Å². The van der Waals surface area contributed by atoms with E-state index in [0.717, 1.165) is 30.7 Å². The van der Waals surface area contributed by atoms with Gasteiger partial charge in [0, 0.05) is 18.2 Å². The van der Waals surface area contributed by atoms with Crippen LogP contribution in [-0.4, -0.2) is 14.6 Å². The van der Waals surface area contributed by atoms with Crippen molar-refractivity contribution in [3.05, 3.63) is 29.7 Å². The number of nitrogens with two attached hydrogens (primary N) is 1. The van der Waals surface area contributed by atoms with Crippen molar-refractivity contribution in [2.24, 2.45) is 11.7 Å². The molecule has 0 spiro atoms. The lowest BCUT2D eigenvalue weighted by molar-refractivity contribution is 0.619. The number of aromatic nitrogens is 3. The zero-order valence-corrected chi connectivity index (χ0v) is 10.3.